The van der Waals surface area contributed by atoms with Crippen molar-refractivity contribution in [2.45, 2.75) is 37.8 Å². The van der Waals surface area contributed by atoms with Gasteiger partial charge in [0.2, 0.25) is 0 Å². The van der Waals surface area contributed by atoms with Crippen LogP contribution < -0.4 is 5.32 Å². The van der Waals surface area contributed by atoms with Gasteiger partial charge < -0.3 is 15.5 Å². The van der Waals surface area contributed by atoms with Gasteiger partial charge in [0.1, 0.15) is 0 Å². The molecule has 0 saturated heterocycles. The molecule has 3 N–H and O–H groups in total. The number of fused-ring (bicyclic) bond motifs is 1. The molecule has 5 heteroatoms. The first kappa shape index (κ1) is 13.8. The van der Waals surface area contributed by atoms with Crippen LogP contribution in [0.15, 0.2) is 30.3 Å². The minimum Gasteiger partial charge on any atom is -0.477 e. The van der Waals surface area contributed by atoms with E-state index in [4.69, 9.17) is 0 Å². The summed E-state index contributed by atoms with van der Waals surface area (Å²) in [5.41, 5.74) is 1.38. The number of aromatic nitrogens is 1. The Morgan fingerprint density at radius 3 is 2.76 bits per heavy atom. The second-order valence-electron chi connectivity index (χ2n) is 5.48. The van der Waals surface area contributed by atoms with E-state index in [0.717, 1.165) is 36.8 Å². The number of rotatable bonds is 3. The van der Waals surface area contributed by atoms with Gasteiger partial charge in [-0.25, -0.2) is 9.78 Å². The van der Waals surface area contributed by atoms with Crippen LogP contribution in [0.4, 0.5) is 5.69 Å². The number of carboxylic acids is 1. The molecule has 1 fully saturated rings. The molecule has 0 aliphatic heterocycles. The Morgan fingerprint density at radius 2 is 2.00 bits per heavy atom. The second-order valence-corrected chi connectivity index (χ2v) is 5.48. The van der Waals surface area contributed by atoms with Crippen molar-refractivity contribution in [2.75, 3.05) is 5.32 Å². The number of aliphatic hydroxyl groups excluding tert-OH is 1. The standard InChI is InChI=1S/C16H18N2O3/c19-15-8-4-3-7-12(15)18-13-9-14(16(20)21)17-11-6-2-1-5-10(11)13/h1-2,5-6,9,12,15,19H,3-4,7-8H2,(H,17,18)(H,20,21). The average molecular weight is 286 g/mol. The Kier molecular flexibility index (Phi) is 3.75. The largest absolute Gasteiger partial charge is 0.477 e. The van der Waals surface area contributed by atoms with Crippen molar-refractivity contribution in [3.8, 4) is 0 Å². The zero-order valence-corrected chi connectivity index (χ0v) is 11.6. The van der Waals surface area contributed by atoms with E-state index in [0.29, 0.717) is 5.52 Å². The van der Waals surface area contributed by atoms with Crippen molar-refractivity contribution in [3.05, 3.63) is 36.0 Å². The number of benzene rings is 1. The smallest absolute Gasteiger partial charge is 0.354 e. The number of nitrogens with one attached hydrogen (secondary N) is 1. The molecule has 2 atom stereocenters. The first-order valence-electron chi connectivity index (χ1n) is 7.23. The number of carbonyl (C=O) groups is 1. The lowest BCUT2D eigenvalue weighted by atomic mass is 9.92. The summed E-state index contributed by atoms with van der Waals surface area (Å²) in [6.07, 6.45) is 3.39. The molecule has 21 heavy (non-hydrogen) atoms. The maximum absolute atomic E-state index is 11.2. The van der Waals surface area contributed by atoms with Crippen LogP contribution in [0, 0.1) is 0 Å². The SMILES string of the molecule is O=C(O)c1cc(NC2CCCCC2O)c2ccccc2n1. The number of pyridine rings is 1. The number of aromatic carboxylic acids is 1. The van der Waals surface area contributed by atoms with Gasteiger partial charge in [-0.2, -0.15) is 0 Å². The number of hydrogen-bond donors (Lipinski definition) is 3. The summed E-state index contributed by atoms with van der Waals surface area (Å²) in [5.74, 6) is -1.05. The van der Waals surface area contributed by atoms with Gasteiger partial charge >= 0.3 is 5.97 Å². The highest BCUT2D eigenvalue weighted by Gasteiger charge is 2.23. The molecule has 2 unspecified atom stereocenters. The van der Waals surface area contributed by atoms with E-state index in [-0.39, 0.29) is 17.8 Å². The molecule has 3 rings (SSSR count). The summed E-state index contributed by atoms with van der Waals surface area (Å²) < 4.78 is 0. The van der Waals surface area contributed by atoms with Crippen LogP contribution in [0.25, 0.3) is 10.9 Å². The number of aliphatic hydroxyl groups is 1. The highest BCUT2D eigenvalue weighted by Crippen LogP contribution is 2.27. The van der Waals surface area contributed by atoms with Crippen molar-refractivity contribution in [1.29, 1.82) is 0 Å². The van der Waals surface area contributed by atoms with Gasteiger partial charge in [0, 0.05) is 11.1 Å². The molecule has 0 radical (unpaired) electrons. The number of carboxylic acid groups (broad SMARTS) is 1. The molecule has 1 aromatic heterocycles. The maximum Gasteiger partial charge on any atom is 0.354 e. The third-order valence-corrected chi connectivity index (χ3v) is 4.01. The number of para-hydroxylation sites is 1. The minimum absolute atomic E-state index is 0.0153. The fourth-order valence-corrected chi connectivity index (χ4v) is 2.88. The molecule has 1 heterocycles. The van der Waals surface area contributed by atoms with Gasteiger partial charge in [-0.1, -0.05) is 31.0 Å². The minimum atomic E-state index is -1.05. The van der Waals surface area contributed by atoms with E-state index in [2.05, 4.69) is 10.3 Å². The Balaban J connectivity index is 2.01. The lowest BCUT2D eigenvalue weighted by molar-refractivity contribution is 0.0691. The molecule has 110 valence electrons. The van der Waals surface area contributed by atoms with E-state index in [9.17, 15) is 15.0 Å². The molecule has 2 aromatic rings. The summed E-state index contributed by atoms with van der Waals surface area (Å²) in [6.45, 7) is 0. The van der Waals surface area contributed by atoms with Gasteiger partial charge in [-0.05, 0) is 25.0 Å². The molecule has 1 aliphatic rings. The van der Waals surface area contributed by atoms with Crippen LogP contribution in [-0.4, -0.2) is 33.3 Å². The highest BCUT2D eigenvalue weighted by atomic mass is 16.4. The topological polar surface area (TPSA) is 82.5 Å². The zero-order valence-electron chi connectivity index (χ0n) is 11.6. The molecule has 0 bridgehead atoms. The van der Waals surface area contributed by atoms with Crippen molar-refractivity contribution < 1.29 is 15.0 Å². The summed E-state index contributed by atoms with van der Waals surface area (Å²) >= 11 is 0. The van der Waals surface area contributed by atoms with E-state index in [1.165, 1.54) is 0 Å². The van der Waals surface area contributed by atoms with Gasteiger partial charge in [-0.3, -0.25) is 0 Å². The Bertz CT molecular complexity index is 672. The Labute approximate surface area is 122 Å². The van der Waals surface area contributed by atoms with E-state index >= 15 is 0 Å². The molecule has 0 spiro atoms. The number of nitrogens with zero attached hydrogens (tertiary/aromatic N) is 1. The van der Waals surface area contributed by atoms with Gasteiger partial charge in [0.25, 0.3) is 0 Å². The van der Waals surface area contributed by atoms with Gasteiger partial charge in [0.15, 0.2) is 5.69 Å². The fraction of sp³-hybridized carbons (Fsp3) is 0.375. The first-order chi connectivity index (χ1) is 10.1. The third-order valence-electron chi connectivity index (χ3n) is 4.01. The van der Waals surface area contributed by atoms with Crippen LogP contribution in [0.1, 0.15) is 36.2 Å². The normalized spacial score (nSPS) is 22.1. The van der Waals surface area contributed by atoms with Crippen LogP contribution >= 0.6 is 0 Å². The number of anilines is 1. The molecule has 1 saturated carbocycles. The molecular weight excluding hydrogens is 268 g/mol. The summed E-state index contributed by atoms with van der Waals surface area (Å²) in [4.78, 5) is 15.4. The lowest BCUT2D eigenvalue weighted by Gasteiger charge is -2.29. The average Bonchev–Trinajstić information content (AvgIpc) is 2.49. The molecule has 0 amide bonds. The van der Waals surface area contributed by atoms with Gasteiger partial charge in [0.05, 0.1) is 17.7 Å². The van der Waals surface area contributed by atoms with Crippen LogP contribution in [0.5, 0.6) is 0 Å². The summed E-state index contributed by atoms with van der Waals surface area (Å²) in [6, 6.07) is 8.95. The van der Waals surface area contributed by atoms with Crippen LogP contribution in [-0.2, 0) is 0 Å². The molecule has 1 aliphatic carbocycles. The van der Waals surface area contributed by atoms with Crippen molar-refractivity contribution in [2.24, 2.45) is 0 Å². The molecule has 1 aromatic carbocycles. The Morgan fingerprint density at radius 1 is 1.24 bits per heavy atom. The number of hydrogen-bond acceptors (Lipinski definition) is 4. The van der Waals surface area contributed by atoms with Crippen LogP contribution in [0.2, 0.25) is 0 Å². The first-order valence-corrected chi connectivity index (χ1v) is 7.23. The second kappa shape index (κ2) is 5.69. The predicted molar refractivity (Wildman–Crippen MR) is 80.6 cm³/mol. The fourth-order valence-electron chi connectivity index (χ4n) is 2.88. The summed E-state index contributed by atoms with van der Waals surface area (Å²) in [7, 11) is 0. The zero-order chi connectivity index (χ0) is 14.8. The van der Waals surface area contributed by atoms with E-state index in [1.807, 2.05) is 18.2 Å². The summed E-state index contributed by atoms with van der Waals surface area (Å²) in [5, 5.41) is 23.5. The monoisotopic (exact) mass is 286 g/mol. The predicted octanol–water partition coefficient (Wildman–Crippen LogP) is 2.65. The van der Waals surface area contributed by atoms with Crippen LogP contribution in [0.3, 0.4) is 0 Å². The van der Waals surface area contributed by atoms with E-state index < -0.39 is 5.97 Å². The molecule has 5 nitrogen and oxygen atoms in total. The van der Waals surface area contributed by atoms with Gasteiger partial charge in [-0.15, -0.1) is 0 Å². The third kappa shape index (κ3) is 2.83. The van der Waals surface area contributed by atoms with Crippen molar-refractivity contribution in [1.82, 2.24) is 4.98 Å². The molecular formula is C16H18N2O3. The maximum atomic E-state index is 11.2. The van der Waals surface area contributed by atoms with Crippen molar-refractivity contribution in [3.63, 3.8) is 0 Å². The highest BCUT2D eigenvalue weighted by molar-refractivity contribution is 5.97. The lowest BCUT2D eigenvalue weighted by Crippen LogP contribution is -2.36. The Hall–Kier alpha value is -2.14. The van der Waals surface area contributed by atoms with Crippen molar-refractivity contribution >= 4 is 22.6 Å². The van der Waals surface area contributed by atoms with E-state index in [1.54, 1.807) is 12.1 Å². The quantitative estimate of drug-likeness (QED) is 0.808.